The van der Waals surface area contributed by atoms with Gasteiger partial charge < -0.3 is 5.32 Å². The smallest absolute Gasteiger partial charge is 0.321 e. The number of carbonyl (C=O) groups excluding carboxylic acids is 2. The van der Waals surface area contributed by atoms with E-state index in [-0.39, 0.29) is 0 Å². The Kier molecular flexibility index (Phi) is 5.30. The summed E-state index contributed by atoms with van der Waals surface area (Å²) in [5.41, 5.74) is 1.47. The number of aromatic nitrogens is 3. The quantitative estimate of drug-likeness (QED) is 0.686. The van der Waals surface area contributed by atoms with Crippen LogP contribution in [0.3, 0.4) is 0 Å². The summed E-state index contributed by atoms with van der Waals surface area (Å²) in [4.78, 5) is 24.4. The number of hydrogen-bond donors (Lipinski definition) is 2. The molecule has 25 heavy (non-hydrogen) atoms. The molecule has 2 N–H and O–H groups in total. The first-order valence-electron chi connectivity index (χ1n) is 7.79. The minimum Gasteiger partial charge on any atom is -0.338 e. The van der Waals surface area contributed by atoms with Crippen molar-refractivity contribution in [3.63, 3.8) is 0 Å². The fraction of sp³-hybridized carbons (Fsp3) is 0.176. The molecule has 0 unspecified atom stereocenters. The number of benzene rings is 1. The van der Waals surface area contributed by atoms with Crippen molar-refractivity contribution >= 4 is 29.3 Å². The van der Waals surface area contributed by atoms with Gasteiger partial charge in [-0.15, -0.1) is 10.2 Å². The van der Waals surface area contributed by atoms with Crippen molar-refractivity contribution in [2.45, 2.75) is 17.3 Å². The van der Waals surface area contributed by atoms with Gasteiger partial charge in [0.1, 0.15) is 5.25 Å². The van der Waals surface area contributed by atoms with Crippen LogP contribution in [0.5, 0.6) is 0 Å². The molecule has 8 heteroatoms. The summed E-state index contributed by atoms with van der Waals surface area (Å²) in [6.45, 7) is 2.23. The molecular formula is C17H17N5O2S. The van der Waals surface area contributed by atoms with E-state index in [1.165, 1.54) is 11.8 Å². The first-order valence-corrected chi connectivity index (χ1v) is 8.67. The van der Waals surface area contributed by atoms with Crippen molar-refractivity contribution in [2.75, 3.05) is 6.54 Å². The maximum atomic E-state index is 12.6. The van der Waals surface area contributed by atoms with Gasteiger partial charge in [-0.2, -0.15) is 0 Å². The summed E-state index contributed by atoms with van der Waals surface area (Å²) in [5.74, 6) is -0.408. The number of carbonyl (C=O) groups is 2. The molecule has 1 atom stereocenters. The topological polar surface area (TPSA) is 88.4 Å². The summed E-state index contributed by atoms with van der Waals surface area (Å²) >= 11 is 1.24. The van der Waals surface area contributed by atoms with Gasteiger partial charge in [-0.3, -0.25) is 14.5 Å². The van der Waals surface area contributed by atoms with Gasteiger partial charge in [-0.05, 0) is 24.6 Å². The van der Waals surface area contributed by atoms with Crippen molar-refractivity contribution in [3.8, 4) is 0 Å². The number of nitrogens with one attached hydrogen (secondary N) is 2. The van der Waals surface area contributed by atoms with E-state index in [1.54, 1.807) is 11.3 Å². The number of thioether (sulfide) groups is 1. The lowest BCUT2D eigenvalue weighted by Crippen LogP contribution is -2.41. The Morgan fingerprint density at radius 1 is 1.12 bits per heavy atom. The van der Waals surface area contributed by atoms with Crippen LogP contribution in [0.1, 0.15) is 17.7 Å². The molecule has 0 spiro atoms. The molecule has 0 saturated carbocycles. The molecule has 0 aliphatic carbocycles. The summed E-state index contributed by atoms with van der Waals surface area (Å²) in [6.07, 6.45) is 1.83. The molecule has 3 amide bonds. The third-order valence-corrected chi connectivity index (χ3v) is 4.63. The lowest BCUT2D eigenvalue weighted by Gasteiger charge is -2.15. The van der Waals surface area contributed by atoms with Crippen molar-refractivity contribution in [1.82, 2.24) is 25.2 Å². The third-order valence-electron chi connectivity index (χ3n) is 3.42. The molecule has 0 aliphatic rings. The molecule has 0 fully saturated rings. The minimum atomic E-state index is -0.628. The lowest BCUT2D eigenvalue weighted by molar-refractivity contribution is -0.119. The first-order chi connectivity index (χ1) is 12.2. The summed E-state index contributed by atoms with van der Waals surface area (Å²) in [5, 5.41) is 13.1. The van der Waals surface area contributed by atoms with Crippen molar-refractivity contribution in [1.29, 1.82) is 0 Å². The summed E-state index contributed by atoms with van der Waals surface area (Å²) in [6, 6.07) is 14.3. The highest BCUT2D eigenvalue weighted by Gasteiger charge is 2.25. The highest BCUT2D eigenvalue weighted by Crippen LogP contribution is 2.34. The number of urea groups is 1. The number of rotatable bonds is 5. The zero-order valence-corrected chi connectivity index (χ0v) is 14.4. The number of pyridine rings is 1. The molecule has 1 aromatic carbocycles. The van der Waals surface area contributed by atoms with E-state index in [1.807, 2.05) is 54.7 Å². The van der Waals surface area contributed by atoms with E-state index < -0.39 is 17.2 Å². The van der Waals surface area contributed by atoms with Crippen LogP contribution in [0.25, 0.3) is 5.65 Å². The lowest BCUT2D eigenvalue weighted by atomic mass is 10.1. The van der Waals surface area contributed by atoms with E-state index in [9.17, 15) is 9.59 Å². The molecule has 3 rings (SSSR count). The normalized spacial score (nSPS) is 11.9. The predicted molar refractivity (Wildman–Crippen MR) is 95.2 cm³/mol. The molecule has 0 aliphatic heterocycles. The van der Waals surface area contributed by atoms with Gasteiger partial charge in [-0.25, -0.2) is 4.79 Å². The van der Waals surface area contributed by atoms with Crippen LogP contribution in [-0.2, 0) is 4.79 Å². The van der Waals surface area contributed by atoms with Crippen LogP contribution in [0, 0.1) is 0 Å². The Labute approximate surface area is 148 Å². The van der Waals surface area contributed by atoms with Crippen LogP contribution in [0.2, 0.25) is 0 Å². The van der Waals surface area contributed by atoms with E-state index in [0.29, 0.717) is 17.3 Å². The van der Waals surface area contributed by atoms with E-state index in [2.05, 4.69) is 20.8 Å². The second-order valence-corrected chi connectivity index (χ2v) is 6.24. The van der Waals surface area contributed by atoms with Gasteiger partial charge in [0.25, 0.3) is 0 Å². The molecule has 0 saturated heterocycles. The summed E-state index contributed by atoms with van der Waals surface area (Å²) < 4.78 is 1.81. The Hall–Kier alpha value is -2.87. The molecular weight excluding hydrogens is 338 g/mol. The third kappa shape index (κ3) is 3.97. The molecule has 2 aromatic heterocycles. The van der Waals surface area contributed by atoms with Gasteiger partial charge in [0.05, 0.1) is 0 Å². The second kappa shape index (κ2) is 7.80. The minimum absolute atomic E-state index is 0.408. The molecule has 7 nitrogen and oxygen atoms in total. The number of nitrogens with zero attached hydrogens (tertiary/aromatic N) is 3. The second-order valence-electron chi connectivity index (χ2n) is 5.17. The van der Waals surface area contributed by atoms with Crippen LogP contribution in [-0.4, -0.2) is 33.1 Å². The standard InChI is InChI=1S/C17H17N5O2S/c1-2-18-16(24)19-15(23)14(12-8-4-3-5-9-12)25-17-21-20-13-10-6-7-11-22(13)17/h3-11,14H,2H2,1H3,(H2,18,19,23,24)/t14-/m0/s1. The summed E-state index contributed by atoms with van der Waals surface area (Å²) in [7, 11) is 0. The molecule has 128 valence electrons. The number of fused-ring (bicyclic) bond motifs is 1. The molecule has 0 radical (unpaired) electrons. The van der Waals surface area contributed by atoms with Gasteiger partial charge in [0, 0.05) is 12.7 Å². The van der Waals surface area contributed by atoms with Crippen LogP contribution < -0.4 is 10.6 Å². The monoisotopic (exact) mass is 355 g/mol. The van der Waals surface area contributed by atoms with Crippen molar-refractivity contribution in [2.24, 2.45) is 0 Å². The highest BCUT2D eigenvalue weighted by molar-refractivity contribution is 8.00. The number of amides is 3. The van der Waals surface area contributed by atoms with E-state index >= 15 is 0 Å². The van der Waals surface area contributed by atoms with Crippen molar-refractivity contribution < 1.29 is 9.59 Å². The van der Waals surface area contributed by atoms with E-state index in [0.717, 1.165) is 5.56 Å². The van der Waals surface area contributed by atoms with Gasteiger partial charge >= 0.3 is 6.03 Å². The maximum absolute atomic E-state index is 12.6. The largest absolute Gasteiger partial charge is 0.338 e. The first kappa shape index (κ1) is 17.0. The number of imide groups is 1. The zero-order chi connectivity index (χ0) is 17.6. The van der Waals surface area contributed by atoms with Gasteiger partial charge in [0.15, 0.2) is 10.8 Å². The Balaban J connectivity index is 1.89. The molecule has 2 heterocycles. The van der Waals surface area contributed by atoms with Crippen LogP contribution in [0.4, 0.5) is 4.79 Å². The fourth-order valence-electron chi connectivity index (χ4n) is 2.29. The van der Waals surface area contributed by atoms with Crippen LogP contribution >= 0.6 is 11.8 Å². The average molecular weight is 355 g/mol. The fourth-order valence-corrected chi connectivity index (χ4v) is 3.31. The SMILES string of the molecule is CCNC(=O)NC(=O)[C@@H](Sc1nnc2ccccn12)c1ccccc1. The van der Waals surface area contributed by atoms with Crippen molar-refractivity contribution in [3.05, 3.63) is 60.3 Å². The molecule has 3 aromatic rings. The Morgan fingerprint density at radius 2 is 1.88 bits per heavy atom. The zero-order valence-electron chi connectivity index (χ0n) is 13.5. The Morgan fingerprint density at radius 3 is 2.64 bits per heavy atom. The predicted octanol–water partition coefficient (Wildman–Crippen LogP) is 2.41. The highest BCUT2D eigenvalue weighted by atomic mass is 32.2. The maximum Gasteiger partial charge on any atom is 0.321 e. The average Bonchev–Trinajstić information content (AvgIpc) is 3.03. The number of hydrogen-bond acceptors (Lipinski definition) is 5. The van der Waals surface area contributed by atoms with Crippen LogP contribution in [0.15, 0.2) is 59.9 Å². The van der Waals surface area contributed by atoms with E-state index in [4.69, 9.17) is 0 Å². The van der Waals surface area contributed by atoms with Gasteiger partial charge in [0.2, 0.25) is 5.91 Å². The Bertz CT molecular complexity index is 881. The van der Waals surface area contributed by atoms with Gasteiger partial charge in [-0.1, -0.05) is 48.2 Å². The molecule has 0 bridgehead atoms.